The van der Waals surface area contributed by atoms with Gasteiger partial charge in [0.25, 0.3) is 0 Å². The Kier molecular flexibility index (Phi) is 7.66. The second-order valence-electron chi connectivity index (χ2n) is 10.1. The molecule has 0 atom stereocenters. The number of azide groups is 1. The Bertz CT molecular complexity index is 1040. The summed E-state index contributed by atoms with van der Waals surface area (Å²) >= 11 is 0. The van der Waals surface area contributed by atoms with Gasteiger partial charge in [0.2, 0.25) is 0 Å². The van der Waals surface area contributed by atoms with E-state index in [0.717, 1.165) is 16.8 Å². The van der Waals surface area contributed by atoms with Gasteiger partial charge in [-0.3, -0.25) is 0 Å². The molecule has 172 valence electrons. The lowest BCUT2D eigenvalue weighted by atomic mass is 9.81. The summed E-state index contributed by atoms with van der Waals surface area (Å²) < 4.78 is 0. The molecule has 3 rings (SSSR count). The van der Waals surface area contributed by atoms with Crippen LogP contribution in [0.2, 0.25) is 0 Å². The van der Waals surface area contributed by atoms with Crippen LogP contribution in [-0.4, -0.2) is 0 Å². The number of benzene rings is 3. The Balaban J connectivity index is 2.49. The molecule has 0 spiro atoms. The van der Waals surface area contributed by atoms with Gasteiger partial charge in [0.15, 0.2) is 0 Å². The molecule has 0 N–H and O–H groups in total. The fourth-order valence-corrected chi connectivity index (χ4v) is 4.82. The van der Waals surface area contributed by atoms with Crippen LogP contribution in [0.15, 0.2) is 59.7 Å². The summed E-state index contributed by atoms with van der Waals surface area (Å²) in [6.45, 7) is 17.8. The smallest absolute Gasteiger partial charge is 0.0532 e. The normalized spacial score (nSPS) is 11.5. The number of nitrogens with zero attached hydrogens (tertiary/aromatic N) is 3. The van der Waals surface area contributed by atoms with Crippen LogP contribution < -0.4 is 0 Å². The SMILES string of the molecule is CC(C)c1cccc(C(C)C)c1-c1cccc(-c2c(C(C)C)cccc2C(C)C)c1N=[N+]=[N-]. The highest BCUT2D eigenvalue weighted by molar-refractivity contribution is 5.92. The van der Waals surface area contributed by atoms with E-state index < -0.39 is 0 Å². The molecular weight excluding hydrogens is 402 g/mol. The summed E-state index contributed by atoms with van der Waals surface area (Å²) in [4.78, 5) is 3.30. The zero-order chi connectivity index (χ0) is 24.3. The van der Waals surface area contributed by atoms with Gasteiger partial charge in [-0.1, -0.05) is 115 Å². The van der Waals surface area contributed by atoms with E-state index in [2.05, 4.69) is 120 Å². The summed E-state index contributed by atoms with van der Waals surface area (Å²) in [5.74, 6) is 1.43. The standard InChI is InChI=1S/C30H37N3/c1-18(2)22-12-9-13-23(19(3)4)28(22)26-16-11-17-27(30(26)32-33-31)29-24(20(5)6)14-10-15-25(29)21(7)8/h9-21H,1-8H3. The van der Waals surface area contributed by atoms with Gasteiger partial charge in [-0.05, 0) is 73.7 Å². The Morgan fingerprint density at radius 3 is 1.12 bits per heavy atom. The number of rotatable bonds is 7. The minimum atomic E-state index is 0.357. The summed E-state index contributed by atoms with van der Waals surface area (Å²) in [6.07, 6.45) is 0. The van der Waals surface area contributed by atoms with E-state index >= 15 is 0 Å². The van der Waals surface area contributed by atoms with Gasteiger partial charge in [-0.25, -0.2) is 0 Å². The van der Waals surface area contributed by atoms with Crippen molar-refractivity contribution in [1.82, 2.24) is 0 Å². The summed E-state index contributed by atoms with van der Waals surface area (Å²) in [6, 6.07) is 19.5. The topological polar surface area (TPSA) is 48.8 Å². The molecule has 0 saturated carbocycles. The maximum absolute atomic E-state index is 9.63. The molecule has 3 heteroatoms. The van der Waals surface area contributed by atoms with E-state index in [1.807, 2.05) is 0 Å². The fraction of sp³-hybridized carbons (Fsp3) is 0.400. The van der Waals surface area contributed by atoms with E-state index in [-0.39, 0.29) is 0 Å². The highest BCUT2D eigenvalue weighted by Crippen LogP contribution is 2.47. The van der Waals surface area contributed by atoms with Crippen molar-refractivity contribution in [3.05, 3.63) is 87.3 Å². The monoisotopic (exact) mass is 439 g/mol. The molecule has 0 aliphatic rings. The Hall–Kier alpha value is -3.03. The first-order chi connectivity index (χ1) is 15.7. The predicted octanol–water partition coefficient (Wildman–Crippen LogP) is 10.5. The van der Waals surface area contributed by atoms with E-state index in [9.17, 15) is 5.53 Å². The van der Waals surface area contributed by atoms with Crippen LogP contribution in [0.4, 0.5) is 5.69 Å². The third-order valence-corrected chi connectivity index (χ3v) is 6.47. The van der Waals surface area contributed by atoms with Crippen LogP contribution in [0, 0.1) is 0 Å². The van der Waals surface area contributed by atoms with Gasteiger partial charge in [-0.15, -0.1) is 0 Å². The highest BCUT2D eigenvalue weighted by atomic mass is 15.1. The van der Waals surface area contributed by atoms with E-state index in [1.165, 1.54) is 33.4 Å². The first kappa shape index (κ1) is 24.6. The molecule has 0 bridgehead atoms. The molecular formula is C30H37N3. The molecule has 3 aromatic carbocycles. The maximum Gasteiger partial charge on any atom is 0.0532 e. The van der Waals surface area contributed by atoms with Crippen LogP contribution >= 0.6 is 0 Å². The molecule has 0 radical (unpaired) electrons. The van der Waals surface area contributed by atoms with Crippen molar-refractivity contribution in [3.8, 4) is 22.3 Å². The Morgan fingerprint density at radius 1 is 0.545 bits per heavy atom. The lowest BCUT2D eigenvalue weighted by molar-refractivity contribution is 0.837. The first-order valence-corrected chi connectivity index (χ1v) is 12.1. The Morgan fingerprint density at radius 2 is 0.848 bits per heavy atom. The molecule has 0 heterocycles. The molecule has 0 fully saturated rings. The minimum absolute atomic E-state index is 0.357. The molecule has 0 unspecified atom stereocenters. The maximum atomic E-state index is 9.63. The van der Waals surface area contributed by atoms with Gasteiger partial charge in [0.1, 0.15) is 0 Å². The van der Waals surface area contributed by atoms with Gasteiger partial charge in [-0.2, -0.15) is 0 Å². The molecule has 0 aromatic heterocycles. The van der Waals surface area contributed by atoms with Gasteiger partial charge < -0.3 is 0 Å². The summed E-state index contributed by atoms with van der Waals surface area (Å²) in [7, 11) is 0. The average Bonchev–Trinajstić information content (AvgIpc) is 2.78. The Labute approximate surface area is 199 Å². The van der Waals surface area contributed by atoms with Gasteiger partial charge in [0.05, 0.1) is 5.69 Å². The van der Waals surface area contributed by atoms with E-state index in [0.29, 0.717) is 23.7 Å². The van der Waals surface area contributed by atoms with Gasteiger partial charge >= 0.3 is 0 Å². The van der Waals surface area contributed by atoms with E-state index in [4.69, 9.17) is 0 Å². The second kappa shape index (κ2) is 10.3. The van der Waals surface area contributed by atoms with Gasteiger partial charge in [0, 0.05) is 4.91 Å². The van der Waals surface area contributed by atoms with Crippen molar-refractivity contribution in [3.63, 3.8) is 0 Å². The molecule has 0 aliphatic heterocycles. The molecule has 0 saturated heterocycles. The van der Waals surface area contributed by atoms with Crippen LogP contribution in [0.1, 0.15) is 101 Å². The molecule has 3 nitrogen and oxygen atoms in total. The van der Waals surface area contributed by atoms with Crippen molar-refractivity contribution in [1.29, 1.82) is 0 Å². The van der Waals surface area contributed by atoms with Crippen molar-refractivity contribution in [2.75, 3.05) is 0 Å². The third-order valence-electron chi connectivity index (χ3n) is 6.47. The zero-order valence-electron chi connectivity index (χ0n) is 21.3. The average molecular weight is 440 g/mol. The van der Waals surface area contributed by atoms with E-state index in [1.54, 1.807) is 0 Å². The molecule has 3 aromatic rings. The second-order valence-corrected chi connectivity index (χ2v) is 10.1. The van der Waals surface area contributed by atoms with Crippen molar-refractivity contribution in [2.45, 2.75) is 79.1 Å². The summed E-state index contributed by atoms with van der Waals surface area (Å²) in [5, 5.41) is 4.34. The van der Waals surface area contributed by atoms with Crippen molar-refractivity contribution < 1.29 is 0 Å². The number of hydrogen-bond acceptors (Lipinski definition) is 1. The molecule has 33 heavy (non-hydrogen) atoms. The highest BCUT2D eigenvalue weighted by Gasteiger charge is 2.22. The van der Waals surface area contributed by atoms with Crippen LogP contribution in [0.25, 0.3) is 32.7 Å². The predicted molar refractivity (Wildman–Crippen MR) is 142 cm³/mol. The molecule has 0 aliphatic carbocycles. The van der Waals surface area contributed by atoms with Crippen LogP contribution in [0.5, 0.6) is 0 Å². The third kappa shape index (κ3) is 4.84. The first-order valence-electron chi connectivity index (χ1n) is 12.1. The fourth-order valence-electron chi connectivity index (χ4n) is 4.82. The van der Waals surface area contributed by atoms with Crippen molar-refractivity contribution in [2.24, 2.45) is 5.11 Å². The lowest BCUT2D eigenvalue weighted by Crippen LogP contribution is -2.02. The van der Waals surface area contributed by atoms with Crippen LogP contribution in [-0.2, 0) is 0 Å². The van der Waals surface area contributed by atoms with Crippen LogP contribution in [0.3, 0.4) is 0 Å². The minimum Gasteiger partial charge on any atom is -0.0617 e. The zero-order valence-corrected chi connectivity index (χ0v) is 21.3. The largest absolute Gasteiger partial charge is 0.0617 e. The quantitative estimate of drug-likeness (QED) is 0.200. The van der Waals surface area contributed by atoms with Crippen molar-refractivity contribution >= 4 is 5.69 Å². The lowest BCUT2D eigenvalue weighted by Gasteiger charge is -2.25. The number of hydrogen-bond donors (Lipinski definition) is 0. The molecule has 0 amide bonds. The summed E-state index contributed by atoms with van der Waals surface area (Å²) in [5.41, 5.74) is 20.0.